The molecule has 0 spiro atoms. The van der Waals surface area contributed by atoms with Gasteiger partial charge in [0.2, 0.25) is 0 Å². The molecule has 6 heteroatoms. The minimum atomic E-state index is 0.109. The van der Waals surface area contributed by atoms with E-state index in [0.29, 0.717) is 12.4 Å². The minimum absolute atomic E-state index is 0.109. The highest BCUT2D eigenvalue weighted by molar-refractivity contribution is 5.58. The molecule has 0 fully saturated rings. The van der Waals surface area contributed by atoms with Crippen molar-refractivity contribution in [1.82, 2.24) is 9.97 Å². The Hall–Kier alpha value is -1.40. The number of aromatic nitrogens is 2. The Morgan fingerprint density at radius 3 is 2.47 bits per heavy atom. The molecule has 1 heterocycles. The van der Waals surface area contributed by atoms with Gasteiger partial charge in [-0.25, -0.2) is 15.8 Å². The van der Waals surface area contributed by atoms with Crippen LogP contribution < -0.4 is 16.2 Å². The highest BCUT2D eigenvalue weighted by Crippen LogP contribution is 2.23. The molecule has 1 aromatic heterocycles. The van der Waals surface area contributed by atoms with Crippen LogP contribution in [-0.4, -0.2) is 34.8 Å². The maximum Gasteiger partial charge on any atom is 0.148 e. The van der Waals surface area contributed by atoms with Crippen molar-refractivity contribution in [2.45, 2.75) is 40.0 Å². The number of aliphatic hydroxyl groups is 1. The lowest BCUT2D eigenvalue weighted by molar-refractivity contribution is 0.301. The third kappa shape index (κ3) is 4.04. The van der Waals surface area contributed by atoms with Gasteiger partial charge in [0, 0.05) is 25.1 Å². The summed E-state index contributed by atoms with van der Waals surface area (Å²) in [7, 11) is 0. The quantitative estimate of drug-likeness (QED) is 0.485. The molecule has 0 saturated carbocycles. The standard InChI is InChI=1S/C13H25N5O/c1-4-6-11-15-12(17-14)10(3)13(16-11)18(7-5-2)8-9-19/h19H,4-9,14H2,1-3H3,(H,15,16,17). The lowest BCUT2D eigenvalue weighted by Crippen LogP contribution is -2.30. The lowest BCUT2D eigenvalue weighted by atomic mass is 10.2. The normalized spacial score (nSPS) is 10.6. The Morgan fingerprint density at radius 2 is 1.95 bits per heavy atom. The highest BCUT2D eigenvalue weighted by atomic mass is 16.3. The number of anilines is 2. The summed E-state index contributed by atoms with van der Waals surface area (Å²) in [5, 5.41) is 9.19. The van der Waals surface area contributed by atoms with Crippen molar-refractivity contribution in [3.63, 3.8) is 0 Å². The van der Waals surface area contributed by atoms with E-state index in [1.165, 1.54) is 0 Å². The zero-order valence-corrected chi connectivity index (χ0v) is 12.1. The number of nitrogens with one attached hydrogen (secondary N) is 1. The van der Waals surface area contributed by atoms with Crippen LogP contribution in [0.4, 0.5) is 11.6 Å². The number of nitrogens with zero attached hydrogens (tertiary/aromatic N) is 3. The summed E-state index contributed by atoms with van der Waals surface area (Å²) in [5.41, 5.74) is 3.55. The number of nitrogen functional groups attached to an aromatic ring is 1. The minimum Gasteiger partial charge on any atom is -0.395 e. The molecule has 0 aliphatic heterocycles. The van der Waals surface area contributed by atoms with Crippen LogP contribution >= 0.6 is 0 Å². The highest BCUT2D eigenvalue weighted by Gasteiger charge is 2.15. The van der Waals surface area contributed by atoms with Gasteiger partial charge in [-0.15, -0.1) is 0 Å². The van der Waals surface area contributed by atoms with Gasteiger partial charge in [-0.2, -0.15) is 0 Å². The van der Waals surface area contributed by atoms with E-state index in [1.807, 2.05) is 6.92 Å². The molecular weight excluding hydrogens is 242 g/mol. The first-order valence-electron chi connectivity index (χ1n) is 6.87. The number of hydrogen-bond donors (Lipinski definition) is 3. The van der Waals surface area contributed by atoms with Crippen LogP contribution in [0.3, 0.4) is 0 Å². The second-order valence-electron chi connectivity index (χ2n) is 4.54. The lowest BCUT2D eigenvalue weighted by Gasteiger charge is -2.25. The maximum absolute atomic E-state index is 9.19. The molecule has 6 nitrogen and oxygen atoms in total. The van der Waals surface area contributed by atoms with Crippen molar-refractivity contribution in [2.24, 2.45) is 5.84 Å². The fourth-order valence-corrected chi connectivity index (χ4v) is 2.05. The van der Waals surface area contributed by atoms with E-state index in [-0.39, 0.29) is 6.61 Å². The van der Waals surface area contributed by atoms with Crippen LogP contribution in [0.2, 0.25) is 0 Å². The molecule has 108 valence electrons. The summed E-state index contributed by atoms with van der Waals surface area (Å²) in [6, 6.07) is 0. The average Bonchev–Trinajstić information content (AvgIpc) is 2.40. The van der Waals surface area contributed by atoms with Crippen LogP contribution in [0.25, 0.3) is 0 Å². The smallest absolute Gasteiger partial charge is 0.148 e. The van der Waals surface area contributed by atoms with Crippen LogP contribution in [0, 0.1) is 6.92 Å². The molecule has 19 heavy (non-hydrogen) atoms. The second kappa shape index (κ2) is 7.91. The molecule has 0 aliphatic rings. The first kappa shape index (κ1) is 15.7. The number of aliphatic hydroxyl groups excluding tert-OH is 1. The SMILES string of the molecule is CCCc1nc(NN)c(C)c(N(CCC)CCO)n1. The van der Waals surface area contributed by atoms with Crippen LogP contribution in [0.15, 0.2) is 0 Å². The third-order valence-corrected chi connectivity index (χ3v) is 2.94. The van der Waals surface area contributed by atoms with E-state index >= 15 is 0 Å². The van der Waals surface area contributed by atoms with E-state index < -0.39 is 0 Å². The summed E-state index contributed by atoms with van der Waals surface area (Å²) in [6.45, 7) is 7.68. The fourth-order valence-electron chi connectivity index (χ4n) is 2.05. The molecule has 1 aromatic rings. The molecule has 0 radical (unpaired) electrons. The molecule has 0 amide bonds. The Balaban J connectivity index is 3.17. The Bertz CT molecular complexity index is 391. The van der Waals surface area contributed by atoms with Gasteiger partial charge in [0.05, 0.1) is 6.61 Å². The van der Waals surface area contributed by atoms with E-state index in [4.69, 9.17) is 5.84 Å². The Labute approximate surface area is 115 Å². The average molecular weight is 267 g/mol. The van der Waals surface area contributed by atoms with E-state index in [1.54, 1.807) is 0 Å². The zero-order valence-electron chi connectivity index (χ0n) is 12.1. The van der Waals surface area contributed by atoms with Crippen LogP contribution in [0.5, 0.6) is 0 Å². The largest absolute Gasteiger partial charge is 0.395 e. The molecule has 4 N–H and O–H groups in total. The predicted molar refractivity (Wildman–Crippen MR) is 78.2 cm³/mol. The van der Waals surface area contributed by atoms with Gasteiger partial charge in [0.15, 0.2) is 0 Å². The van der Waals surface area contributed by atoms with Crippen molar-refractivity contribution in [2.75, 3.05) is 30.0 Å². The number of hydrogen-bond acceptors (Lipinski definition) is 6. The summed E-state index contributed by atoms with van der Waals surface area (Å²) in [6.07, 6.45) is 2.80. The molecule has 0 saturated heterocycles. The van der Waals surface area contributed by atoms with Crippen molar-refractivity contribution in [3.8, 4) is 0 Å². The second-order valence-corrected chi connectivity index (χ2v) is 4.54. The number of nitrogens with two attached hydrogens (primary N) is 1. The maximum atomic E-state index is 9.19. The van der Waals surface area contributed by atoms with Crippen LogP contribution in [0.1, 0.15) is 38.1 Å². The summed E-state index contributed by atoms with van der Waals surface area (Å²) < 4.78 is 0. The van der Waals surface area contributed by atoms with Gasteiger partial charge in [0.25, 0.3) is 0 Å². The van der Waals surface area contributed by atoms with Crippen molar-refractivity contribution < 1.29 is 5.11 Å². The molecule has 0 aromatic carbocycles. The van der Waals surface area contributed by atoms with Gasteiger partial charge in [0.1, 0.15) is 17.5 Å². The van der Waals surface area contributed by atoms with Gasteiger partial charge in [-0.3, -0.25) is 0 Å². The first-order valence-corrected chi connectivity index (χ1v) is 6.87. The Kier molecular flexibility index (Phi) is 6.52. The van der Waals surface area contributed by atoms with Crippen molar-refractivity contribution >= 4 is 11.6 Å². The van der Waals surface area contributed by atoms with Gasteiger partial charge < -0.3 is 15.4 Å². The molecule has 0 atom stereocenters. The van der Waals surface area contributed by atoms with Crippen LogP contribution in [-0.2, 0) is 6.42 Å². The summed E-state index contributed by atoms with van der Waals surface area (Å²) >= 11 is 0. The molecule has 0 aliphatic carbocycles. The summed E-state index contributed by atoms with van der Waals surface area (Å²) in [4.78, 5) is 11.1. The van der Waals surface area contributed by atoms with Gasteiger partial charge in [-0.05, 0) is 19.8 Å². The monoisotopic (exact) mass is 267 g/mol. The molecule has 1 rings (SSSR count). The topological polar surface area (TPSA) is 87.3 Å². The fraction of sp³-hybridized carbons (Fsp3) is 0.692. The van der Waals surface area contributed by atoms with Crippen molar-refractivity contribution in [1.29, 1.82) is 0 Å². The number of hydrazine groups is 1. The first-order chi connectivity index (χ1) is 9.17. The van der Waals surface area contributed by atoms with E-state index in [9.17, 15) is 5.11 Å². The number of rotatable bonds is 8. The van der Waals surface area contributed by atoms with Gasteiger partial charge >= 0.3 is 0 Å². The molecule has 0 unspecified atom stereocenters. The summed E-state index contributed by atoms with van der Waals surface area (Å²) in [5.74, 6) is 7.83. The molecular formula is C13H25N5O. The van der Waals surface area contributed by atoms with Crippen molar-refractivity contribution in [3.05, 3.63) is 11.4 Å². The third-order valence-electron chi connectivity index (χ3n) is 2.94. The van der Waals surface area contributed by atoms with E-state index in [0.717, 1.165) is 43.0 Å². The predicted octanol–water partition coefficient (Wildman–Crippen LogP) is 1.23. The van der Waals surface area contributed by atoms with Gasteiger partial charge in [-0.1, -0.05) is 13.8 Å². The zero-order chi connectivity index (χ0) is 14.3. The Morgan fingerprint density at radius 1 is 1.21 bits per heavy atom. The molecule has 0 bridgehead atoms. The van der Waals surface area contributed by atoms with E-state index in [2.05, 4.69) is 34.1 Å². The number of aryl methyl sites for hydroxylation is 1.